The van der Waals surface area contributed by atoms with Crippen LogP contribution in [0.15, 0.2) is 52.0 Å². The number of pyridine rings is 1. The number of benzene rings is 1. The Bertz CT molecular complexity index is 1060. The highest BCUT2D eigenvalue weighted by Gasteiger charge is 2.23. The average Bonchev–Trinajstić information content (AvgIpc) is 2.97. The van der Waals surface area contributed by atoms with Gasteiger partial charge in [0, 0.05) is 43.6 Å². The molecule has 0 fully saturated rings. The first-order valence-electron chi connectivity index (χ1n) is 7.15. The number of amides is 1. The highest BCUT2D eigenvalue weighted by Crippen LogP contribution is 2.25. The van der Waals surface area contributed by atoms with Crippen molar-refractivity contribution < 1.29 is 17.6 Å². The second-order valence-corrected chi connectivity index (χ2v) is 7.53. The van der Waals surface area contributed by atoms with Crippen molar-refractivity contribution in [2.45, 2.75) is 4.90 Å². The van der Waals surface area contributed by atoms with E-state index in [0.29, 0.717) is 11.0 Å². The predicted molar refractivity (Wildman–Crippen MR) is 94.4 cm³/mol. The lowest BCUT2D eigenvalue weighted by atomic mass is 10.2. The van der Waals surface area contributed by atoms with Crippen LogP contribution in [-0.4, -0.2) is 33.4 Å². The van der Waals surface area contributed by atoms with E-state index in [9.17, 15) is 13.2 Å². The van der Waals surface area contributed by atoms with Gasteiger partial charge in [-0.2, -0.15) is 0 Å². The van der Waals surface area contributed by atoms with E-state index in [4.69, 9.17) is 16.0 Å². The fourth-order valence-electron chi connectivity index (χ4n) is 2.20. The highest BCUT2D eigenvalue weighted by molar-refractivity contribution is 7.90. The van der Waals surface area contributed by atoms with Crippen LogP contribution in [0.25, 0.3) is 11.0 Å². The maximum absolute atomic E-state index is 12.3. The summed E-state index contributed by atoms with van der Waals surface area (Å²) in [4.78, 5) is 17.6. The molecule has 130 valence electrons. The van der Waals surface area contributed by atoms with Crippen LogP contribution >= 0.6 is 11.6 Å². The lowest BCUT2D eigenvalue weighted by molar-refractivity contribution is 0.0956. The van der Waals surface area contributed by atoms with Crippen LogP contribution < -0.4 is 9.62 Å². The Hall–Kier alpha value is -2.58. The third-order valence-electron chi connectivity index (χ3n) is 3.49. The maximum Gasteiger partial charge on any atom is 0.300 e. The zero-order chi connectivity index (χ0) is 18.2. The summed E-state index contributed by atoms with van der Waals surface area (Å²) in [5.41, 5.74) is 1.37. The zero-order valence-electron chi connectivity index (χ0n) is 13.4. The Morgan fingerprint density at radius 3 is 2.68 bits per heavy atom. The Labute approximate surface area is 149 Å². The largest absolute Gasteiger partial charge is 0.451 e. The van der Waals surface area contributed by atoms with Gasteiger partial charge in [0.2, 0.25) is 0 Å². The topological polar surface area (TPSA) is 92.5 Å². The van der Waals surface area contributed by atoms with Gasteiger partial charge in [-0.25, -0.2) is 13.1 Å². The molecule has 0 saturated heterocycles. The van der Waals surface area contributed by atoms with Crippen LogP contribution in [0, 0.1) is 0 Å². The normalized spacial score (nSPS) is 11.5. The van der Waals surface area contributed by atoms with Crippen LogP contribution in [0.1, 0.15) is 10.6 Å². The van der Waals surface area contributed by atoms with Gasteiger partial charge < -0.3 is 9.32 Å². The molecule has 0 aliphatic rings. The molecule has 25 heavy (non-hydrogen) atoms. The van der Waals surface area contributed by atoms with E-state index in [-0.39, 0.29) is 15.7 Å². The summed E-state index contributed by atoms with van der Waals surface area (Å²) in [7, 11) is -0.406. The van der Waals surface area contributed by atoms with Crippen LogP contribution in [0.2, 0.25) is 5.02 Å². The fraction of sp³-hybridized carbons (Fsp3) is 0.125. The summed E-state index contributed by atoms with van der Waals surface area (Å²) >= 11 is 5.85. The minimum absolute atomic E-state index is 0.0319. The first-order chi connectivity index (χ1) is 11.8. The maximum atomic E-state index is 12.3. The average molecular weight is 380 g/mol. The molecule has 1 N–H and O–H groups in total. The summed E-state index contributed by atoms with van der Waals surface area (Å²) < 4.78 is 32.0. The smallest absolute Gasteiger partial charge is 0.300 e. The summed E-state index contributed by atoms with van der Waals surface area (Å²) in [6.45, 7) is 0. The molecule has 0 atom stereocenters. The fourth-order valence-corrected chi connectivity index (χ4v) is 3.59. The Morgan fingerprint density at radius 2 is 2.00 bits per heavy atom. The van der Waals surface area contributed by atoms with Gasteiger partial charge in [-0.05, 0) is 24.3 Å². The van der Waals surface area contributed by atoms with Crippen molar-refractivity contribution in [2.24, 2.45) is 0 Å². The second-order valence-electron chi connectivity index (χ2n) is 5.47. The Kier molecular flexibility index (Phi) is 4.40. The molecule has 0 radical (unpaired) electrons. The highest BCUT2D eigenvalue weighted by atomic mass is 35.5. The molecular weight excluding hydrogens is 366 g/mol. The molecule has 2 aromatic heterocycles. The molecule has 3 aromatic rings. The first kappa shape index (κ1) is 17.2. The number of aromatic nitrogens is 1. The van der Waals surface area contributed by atoms with Crippen molar-refractivity contribution >= 4 is 44.2 Å². The van der Waals surface area contributed by atoms with Crippen LogP contribution in [0.5, 0.6) is 0 Å². The molecule has 0 aliphatic heterocycles. The van der Waals surface area contributed by atoms with E-state index in [0.717, 1.165) is 11.9 Å². The summed E-state index contributed by atoms with van der Waals surface area (Å²) in [5.74, 6) is -1.00. The number of halogens is 1. The van der Waals surface area contributed by atoms with Gasteiger partial charge in [0.1, 0.15) is 10.5 Å². The third kappa shape index (κ3) is 3.45. The standard InChI is InChI=1S/C16H14ClN3O4S/c1-20(2)11-4-3-10-7-14(24-13(10)8-11)16(21)19-25(22,23)15-9-18-6-5-12(15)17/h3-9H,1-2H3,(H,19,21). The van der Waals surface area contributed by atoms with E-state index in [1.165, 1.54) is 18.3 Å². The number of carbonyl (C=O) groups excluding carboxylic acids is 1. The quantitative estimate of drug-likeness (QED) is 0.749. The van der Waals surface area contributed by atoms with Crippen molar-refractivity contribution in [1.82, 2.24) is 9.71 Å². The van der Waals surface area contributed by atoms with E-state index < -0.39 is 15.9 Å². The summed E-state index contributed by atoms with van der Waals surface area (Å²) in [5, 5.41) is 0.656. The van der Waals surface area contributed by atoms with Gasteiger partial charge in [0.05, 0.1) is 5.02 Å². The number of rotatable bonds is 4. The van der Waals surface area contributed by atoms with Crippen LogP contribution in [0.3, 0.4) is 0 Å². The summed E-state index contributed by atoms with van der Waals surface area (Å²) in [6.07, 6.45) is 2.42. The number of fused-ring (bicyclic) bond motifs is 1. The minimum Gasteiger partial charge on any atom is -0.451 e. The molecule has 3 rings (SSSR count). The van der Waals surface area contributed by atoms with Crippen molar-refractivity contribution in [1.29, 1.82) is 0 Å². The van der Waals surface area contributed by atoms with Crippen molar-refractivity contribution in [3.05, 3.63) is 53.5 Å². The third-order valence-corrected chi connectivity index (χ3v) is 5.29. The molecule has 0 spiro atoms. The Balaban J connectivity index is 1.91. The molecule has 0 unspecified atom stereocenters. The number of hydrogen-bond acceptors (Lipinski definition) is 6. The molecule has 0 bridgehead atoms. The number of furan rings is 1. The zero-order valence-corrected chi connectivity index (χ0v) is 14.9. The number of sulfonamides is 1. The first-order valence-corrected chi connectivity index (χ1v) is 9.01. The number of carbonyl (C=O) groups is 1. The second kappa shape index (κ2) is 6.38. The van der Waals surface area contributed by atoms with Crippen molar-refractivity contribution in [3.8, 4) is 0 Å². The molecule has 1 aromatic carbocycles. The van der Waals surface area contributed by atoms with Crippen molar-refractivity contribution in [2.75, 3.05) is 19.0 Å². The van der Waals surface area contributed by atoms with Gasteiger partial charge in [0.25, 0.3) is 10.0 Å². The van der Waals surface area contributed by atoms with Crippen LogP contribution in [0.4, 0.5) is 5.69 Å². The minimum atomic E-state index is -4.16. The number of nitrogens with one attached hydrogen (secondary N) is 1. The van der Waals surface area contributed by atoms with Crippen LogP contribution in [-0.2, 0) is 10.0 Å². The SMILES string of the molecule is CN(C)c1ccc2cc(C(=O)NS(=O)(=O)c3cnccc3Cl)oc2c1. The van der Waals surface area contributed by atoms with Gasteiger partial charge >= 0.3 is 5.91 Å². The molecule has 2 heterocycles. The number of hydrogen-bond donors (Lipinski definition) is 1. The van der Waals surface area contributed by atoms with E-state index in [1.54, 1.807) is 12.1 Å². The molecule has 7 nitrogen and oxygen atoms in total. The monoisotopic (exact) mass is 379 g/mol. The Morgan fingerprint density at radius 1 is 1.24 bits per heavy atom. The molecule has 1 amide bonds. The molecule has 9 heteroatoms. The van der Waals surface area contributed by atoms with Gasteiger partial charge in [-0.15, -0.1) is 0 Å². The number of anilines is 1. The van der Waals surface area contributed by atoms with Crippen molar-refractivity contribution in [3.63, 3.8) is 0 Å². The summed E-state index contributed by atoms with van der Waals surface area (Å²) in [6, 6.07) is 8.22. The lowest BCUT2D eigenvalue weighted by Gasteiger charge is -2.11. The van der Waals surface area contributed by atoms with Gasteiger partial charge in [0.15, 0.2) is 5.76 Å². The van der Waals surface area contributed by atoms with Gasteiger partial charge in [-0.3, -0.25) is 9.78 Å². The molecule has 0 saturated carbocycles. The lowest BCUT2D eigenvalue weighted by Crippen LogP contribution is -2.30. The molecule has 0 aliphatic carbocycles. The van der Waals surface area contributed by atoms with E-state index in [1.807, 2.05) is 29.8 Å². The van der Waals surface area contributed by atoms with E-state index in [2.05, 4.69) is 4.98 Å². The molecular formula is C16H14ClN3O4S. The van der Waals surface area contributed by atoms with Gasteiger partial charge in [-0.1, -0.05) is 11.6 Å². The number of nitrogens with zero attached hydrogens (tertiary/aromatic N) is 2. The van der Waals surface area contributed by atoms with E-state index >= 15 is 0 Å². The predicted octanol–water partition coefficient (Wildman–Crippen LogP) is 2.67.